The van der Waals surface area contributed by atoms with Gasteiger partial charge in [0.25, 0.3) is 5.69 Å². The van der Waals surface area contributed by atoms with Crippen LogP contribution in [0.2, 0.25) is 0 Å². The topological polar surface area (TPSA) is 110 Å². The Morgan fingerprint density at radius 1 is 1.23 bits per heavy atom. The van der Waals surface area contributed by atoms with E-state index in [2.05, 4.69) is 32.5 Å². The molecule has 3 aromatic carbocycles. The smallest absolute Gasteiger partial charge is 0.416 e. The molecular formula is C23H16BrF3N4O4. The van der Waals surface area contributed by atoms with Crippen molar-refractivity contribution in [3.63, 3.8) is 0 Å². The molecule has 0 radical (unpaired) electrons. The van der Waals surface area contributed by atoms with E-state index in [1.54, 1.807) is 36.4 Å². The molecular weight excluding hydrogens is 533 g/mol. The Kier molecular flexibility index (Phi) is 7.93. The highest BCUT2D eigenvalue weighted by Crippen LogP contribution is 2.37. The summed E-state index contributed by atoms with van der Waals surface area (Å²) >= 11 is 3.39. The molecule has 0 aliphatic carbocycles. The first-order chi connectivity index (χ1) is 16.6. The molecule has 180 valence electrons. The number of nitrogens with one attached hydrogen (secondary N) is 1. The number of benzene rings is 3. The number of halogens is 4. The van der Waals surface area contributed by atoms with Crippen molar-refractivity contribution in [2.24, 2.45) is 5.10 Å². The number of ether oxygens (including phenoxy) is 2. The molecule has 0 saturated carbocycles. The summed E-state index contributed by atoms with van der Waals surface area (Å²) < 4.78 is 50.3. The highest BCUT2D eigenvalue weighted by Gasteiger charge is 2.33. The van der Waals surface area contributed by atoms with Crippen LogP contribution in [-0.4, -0.2) is 18.2 Å². The molecule has 35 heavy (non-hydrogen) atoms. The fourth-order valence-corrected chi connectivity index (χ4v) is 3.56. The third-order valence-corrected chi connectivity index (χ3v) is 5.27. The molecule has 8 nitrogen and oxygen atoms in total. The van der Waals surface area contributed by atoms with E-state index in [9.17, 15) is 28.5 Å². The molecule has 0 fully saturated rings. The van der Waals surface area contributed by atoms with Crippen LogP contribution in [0, 0.1) is 21.4 Å². The van der Waals surface area contributed by atoms with Gasteiger partial charge in [-0.05, 0) is 51.8 Å². The minimum Gasteiger partial charge on any atom is -0.493 e. The lowest BCUT2D eigenvalue weighted by Gasteiger charge is -2.14. The zero-order valence-electron chi connectivity index (χ0n) is 18.0. The van der Waals surface area contributed by atoms with Crippen LogP contribution in [-0.2, 0) is 12.8 Å². The quantitative estimate of drug-likeness (QED) is 0.201. The lowest BCUT2D eigenvalue weighted by molar-refractivity contribution is -0.384. The molecule has 12 heteroatoms. The zero-order valence-corrected chi connectivity index (χ0v) is 19.6. The Balaban J connectivity index is 1.79. The summed E-state index contributed by atoms with van der Waals surface area (Å²) in [7, 11) is 1.43. The van der Waals surface area contributed by atoms with E-state index in [4.69, 9.17) is 9.47 Å². The second-order valence-electron chi connectivity index (χ2n) is 6.95. The highest BCUT2D eigenvalue weighted by atomic mass is 79.9. The third-order valence-electron chi connectivity index (χ3n) is 4.68. The van der Waals surface area contributed by atoms with Gasteiger partial charge in [0.05, 0.1) is 39.9 Å². The number of nitro benzene ring substituents is 1. The van der Waals surface area contributed by atoms with E-state index < -0.39 is 22.4 Å². The standard InChI is InChI=1S/C23H16BrF3N4O4/c1-34-21-9-14(8-18(24)22(21)35-13-16-5-3-2-4-15(16)11-28)12-29-30-19-7-6-17(23(25,26)27)10-20(19)31(32)33/h2-10,12,30H,13H2,1H3/b29-12-. The first-order valence-corrected chi connectivity index (χ1v) is 10.6. The van der Waals surface area contributed by atoms with Gasteiger partial charge in [-0.25, -0.2) is 0 Å². The van der Waals surface area contributed by atoms with Gasteiger partial charge in [0, 0.05) is 11.6 Å². The van der Waals surface area contributed by atoms with Gasteiger partial charge in [-0.1, -0.05) is 18.2 Å². The number of alkyl halides is 3. The largest absolute Gasteiger partial charge is 0.493 e. The van der Waals surface area contributed by atoms with Crippen LogP contribution in [0.15, 0.2) is 64.2 Å². The summed E-state index contributed by atoms with van der Waals surface area (Å²) in [6, 6.07) is 14.4. The molecule has 3 rings (SSSR count). The van der Waals surface area contributed by atoms with Crippen LogP contribution in [0.4, 0.5) is 24.5 Å². The summed E-state index contributed by atoms with van der Waals surface area (Å²) in [4.78, 5) is 10.3. The lowest BCUT2D eigenvalue weighted by atomic mass is 10.1. The van der Waals surface area contributed by atoms with Gasteiger partial charge in [-0.15, -0.1) is 0 Å². The Hall–Kier alpha value is -4.11. The van der Waals surface area contributed by atoms with Crippen LogP contribution < -0.4 is 14.9 Å². The monoisotopic (exact) mass is 548 g/mol. The van der Waals surface area contributed by atoms with Crippen molar-refractivity contribution in [2.45, 2.75) is 12.8 Å². The van der Waals surface area contributed by atoms with Crippen LogP contribution in [0.25, 0.3) is 0 Å². The van der Waals surface area contributed by atoms with E-state index in [1.165, 1.54) is 13.3 Å². The van der Waals surface area contributed by atoms with Gasteiger partial charge in [0.1, 0.15) is 12.3 Å². The molecule has 0 aliphatic heterocycles. The average Bonchev–Trinajstić information content (AvgIpc) is 2.82. The van der Waals surface area contributed by atoms with Crippen molar-refractivity contribution >= 4 is 33.5 Å². The summed E-state index contributed by atoms with van der Waals surface area (Å²) in [5.74, 6) is 0.722. The first kappa shape index (κ1) is 25.5. The van der Waals surface area contributed by atoms with Crippen LogP contribution in [0.5, 0.6) is 11.5 Å². The minimum atomic E-state index is -4.71. The van der Waals surface area contributed by atoms with Gasteiger partial charge in [-0.2, -0.15) is 23.5 Å². The molecule has 0 unspecified atom stereocenters. The Morgan fingerprint density at radius 3 is 2.63 bits per heavy atom. The Bertz CT molecular complexity index is 1320. The number of hydrogen-bond donors (Lipinski definition) is 1. The number of anilines is 1. The molecule has 0 amide bonds. The second-order valence-corrected chi connectivity index (χ2v) is 7.80. The summed E-state index contributed by atoms with van der Waals surface area (Å²) in [6.07, 6.45) is -3.40. The van der Waals surface area contributed by atoms with E-state index in [-0.39, 0.29) is 12.3 Å². The maximum absolute atomic E-state index is 12.9. The predicted octanol–water partition coefficient (Wildman–Crippen LogP) is 6.28. The van der Waals surface area contributed by atoms with Gasteiger partial charge in [0.2, 0.25) is 0 Å². The zero-order chi connectivity index (χ0) is 25.6. The molecule has 0 spiro atoms. The summed E-state index contributed by atoms with van der Waals surface area (Å²) in [5, 5.41) is 24.3. The van der Waals surface area contributed by atoms with E-state index >= 15 is 0 Å². The van der Waals surface area contributed by atoms with Crippen molar-refractivity contribution in [2.75, 3.05) is 12.5 Å². The Morgan fingerprint density at radius 2 is 1.97 bits per heavy atom. The normalized spacial score (nSPS) is 11.2. The summed E-state index contributed by atoms with van der Waals surface area (Å²) in [5.41, 5.74) is 1.96. The predicted molar refractivity (Wildman–Crippen MR) is 125 cm³/mol. The van der Waals surface area contributed by atoms with Crippen molar-refractivity contribution in [1.29, 1.82) is 5.26 Å². The highest BCUT2D eigenvalue weighted by molar-refractivity contribution is 9.10. The maximum Gasteiger partial charge on any atom is 0.416 e. The molecule has 0 heterocycles. The molecule has 0 aromatic heterocycles. The first-order valence-electron chi connectivity index (χ1n) is 9.77. The molecule has 1 N–H and O–H groups in total. The molecule has 0 saturated heterocycles. The van der Waals surface area contributed by atoms with Gasteiger partial charge >= 0.3 is 6.18 Å². The lowest BCUT2D eigenvalue weighted by Crippen LogP contribution is -2.06. The minimum absolute atomic E-state index is 0.116. The maximum atomic E-state index is 12.9. The van der Waals surface area contributed by atoms with Crippen LogP contribution >= 0.6 is 15.9 Å². The second kappa shape index (κ2) is 10.9. The van der Waals surface area contributed by atoms with Crippen molar-refractivity contribution in [3.8, 4) is 17.6 Å². The van der Waals surface area contributed by atoms with Crippen LogP contribution in [0.1, 0.15) is 22.3 Å². The van der Waals surface area contributed by atoms with E-state index in [0.717, 1.165) is 12.1 Å². The molecule has 0 aliphatic rings. The van der Waals surface area contributed by atoms with Crippen molar-refractivity contribution in [1.82, 2.24) is 0 Å². The number of nitro groups is 1. The van der Waals surface area contributed by atoms with Gasteiger partial charge in [-0.3, -0.25) is 15.5 Å². The molecule has 0 bridgehead atoms. The number of nitrogens with zero attached hydrogens (tertiary/aromatic N) is 3. The molecule has 3 aromatic rings. The number of hydrazone groups is 1. The number of methoxy groups -OCH3 is 1. The van der Waals surface area contributed by atoms with Crippen molar-refractivity contribution < 1.29 is 27.6 Å². The number of hydrogen-bond acceptors (Lipinski definition) is 7. The number of nitriles is 1. The molecule has 0 atom stereocenters. The third kappa shape index (κ3) is 6.27. The number of rotatable bonds is 8. The van der Waals surface area contributed by atoms with E-state index in [0.29, 0.717) is 38.7 Å². The Labute approximate surface area is 205 Å². The average molecular weight is 549 g/mol. The van der Waals surface area contributed by atoms with E-state index in [1.807, 2.05) is 0 Å². The van der Waals surface area contributed by atoms with Crippen LogP contribution in [0.3, 0.4) is 0 Å². The fourth-order valence-electron chi connectivity index (χ4n) is 2.99. The fraction of sp³-hybridized carbons (Fsp3) is 0.130. The SMILES string of the molecule is COc1cc(/C=N\Nc2ccc(C(F)(F)F)cc2[N+](=O)[O-])cc(Br)c1OCc1ccccc1C#N. The summed E-state index contributed by atoms with van der Waals surface area (Å²) in [6.45, 7) is 0.116. The van der Waals surface area contributed by atoms with Gasteiger partial charge in [0.15, 0.2) is 11.5 Å². The van der Waals surface area contributed by atoms with Crippen molar-refractivity contribution in [3.05, 3.63) is 91.4 Å². The van der Waals surface area contributed by atoms with Gasteiger partial charge < -0.3 is 9.47 Å².